The molecular formula is C18H15N3O2S. The Morgan fingerprint density at radius 2 is 1.92 bits per heavy atom. The second-order valence-electron chi connectivity index (χ2n) is 5.88. The monoisotopic (exact) mass is 337 g/mol. The number of likely N-dealkylation sites (tertiary alicyclic amines) is 1. The van der Waals surface area contributed by atoms with Gasteiger partial charge in [0, 0.05) is 25.2 Å². The van der Waals surface area contributed by atoms with Gasteiger partial charge < -0.3 is 0 Å². The van der Waals surface area contributed by atoms with Gasteiger partial charge in [0.2, 0.25) is 11.8 Å². The summed E-state index contributed by atoms with van der Waals surface area (Å²) in [6.07, 6.45) is 4.19. The molecule has 0 N–H and O–H groups in total. The Kier molecular flexibility index (Phi) is 3.61. The smallest absolute Gasteiger partial charge is 0.229 e. The summed E-state index contributed by atoms with van der Waals surface area (Å²) in [5, 5.41) is 0. The number of rotatable bonds is 3. The van der Waals surface area contributed by atoms with Crippen molar-refractivity contribution in [1.29, 1.82) is 0 Å². The molecule has 0 saturated carbocycles. The van der Waals surface area contributed by atoms with E-state index in [1.54, 1.807) is 17.5 Å². The number of imide groups is 1. The lowest BCUT2D eigenvalue weighted by Gasteiger charge is -2.13. The molecule has 6 heteroatoms. The van der Waals surface area contributed by atoms with Crippen LogP contribution in [-0.4, -0.2) is 26.7 Å². The molecule has 0 radical (unpaired) electrons. The first-order valence-electron chi connectivity index (χ1n) is 7.75. The first kappa shape index (κ1) is 15.0. The Morgan fingerprint density at radius 1 is 1.12 bits per heavy atom. The summed E-state index contributed by atoms with van der Waals surface area (Å²) >= 11 is 1.67. The topological polar surface area (TPSA) is 63.2 Å². The van der Waals surface area contributed by atoms with Crippen molar-refractivity contribution in [2.45, 2.75) is 26.3 Å². The number of carbonyl (C=O) groups is 2. The molecule has 120 valence electrons. The fourth-order valence-corrected chi connectivity index (χ4v) is 3.90. The van der Waals surface area contributed by atoms with Crippen LogP contribution in [0.4, 0.5) is 0 Å². The Bertz CT molecular complexity index is 931. The molecule has 0 unspecified atom stereocenters. The van der Waals surface area contributed by atoms with E-state index in [-0.39, 0.29) is 11.8 Å². The van der Waals surface area contributed by atoms with Crippen molar-refractivity contribution in [3.63, 3.8) is 0 Å². The van der Waals surface area contributed by atoms with Crippen molar-refractivity contribution >= 4 is 33.4 Å². The zero-order chi connectivity index (χ0) is 16.7. The molecule has 24 heavy (non-hydrogen) atoms. The molecule has 0 aromatic carbocycles. The second-order valence-corrected chi connectivity index (χ2v) is 6.93. The second kappa shape index (κ2) is 5.79. The van der Waals surface area contributed by atoms with Gasteiger partial charge in [-0.1, -0.05) is 6.07 Å². The van der Waals surface area contributed by atoms with Crippen LogP contribution < -0.4 is 0 Å². The first-order valence-corrected chi connectivity index (χ1v) is 8.57. The zero-order valence-electron chi connectivity index (χ0n) is 13.2. The molecule has 4 heterocycles. The molecule has 0 aliphatic carbocycles. The molecule has 0 spiro atoms. The number of aromatic nitrogens is 2. The normalized spacial score (nSPS) is 14.8. The van der Waals surface area contributed by atoms with Crippen molar-refractivity contribution in [2.24, 2.45) is 0 Å². The first-order chi connectivity index (χ1) is 11.6. The predicted octanol–water partition coefficient (Wildman–Crippen LogP) is 3.32. The van der Waals surface area contributed by atoms with Crippen LogP contribution in [-0.2, 0) is 16.1 Å². The number of amides is 2. The van der Waals surface area contributed by atoms with Crippen molar-refractivity contribution in [1.82, 2.24) is 14.9 Å². The summed E-state index contributed by atoms with van der Waals surface area (Å²) in [5.41, 5.74) is 3.92. The minimum atomic E-state index is -0.102. The van der Waals surface area contributed by atoms with E-state index in [1.807, 2.05) is 30.5 Å². The minimum absolute atomic E-state index is 0.102. The van der Waals surface area contributed by atoms with E-state index in [2.05, 4.69) is 16.9 Å². The molecule has 5 nitrogen and oxygen atoms in total. The summed E-state index contributed by atoms with van der Waals surface area (Å²) in [6.45, 7) is 2.38. The Hall–Kier alpha value is -2.60. The van der Waals surface area contributed by atoms with E-state index in [1.165, 1.54) is 15.2 Å². The summed E-state index contributed by atoms with van der Waals surface area (Å²) in [4.78, 5) is 34.6. The van der Waals surface area contributed by atoms with E-state index in [9.17, 15) is 9.59 Å². The van der Waals surface area contributed by atoms with Crippen molar-refractivity contribution in [3.05, 3.63) is 47.8 Å². The van der Waals surface area contributed by atoms with Crippen molar-refractivity contribution < 1.29 is 9.59 Å². The van der Waals surface area contributed by atoms with E-state index < -0.39 is 0 Å². The number of nitrogens with zero attached hydrogens (tertiary/aromatic N) is 3. The molecule has 2 amide bonds. The number of hydrogen-bond acceptors (Lipinski definition) is 5. The maximum atomic E-state index is 11.7. The molecule has 0 atom stereocenters. The van der Waals surface area contributed by atoms with Gasteiger partial charge in [0.15, 0.2) is 0 Å². The molecule has 4 rings (SSSR count). The number of fused-ring (bicyclic) bond motifs is 1. The van der Waals surface area contributed by atoms with Crippen LogP contribution >= 0.6 is 11.3 Å². The molecular weight excluding hydrogens is 322 g/mol. The van der Waals surface area contributed by atoms with Crippen LogP contribution in [0.15, 0.2) is 36.7 Å². The summed E-state index contributed by atoms with van der Waals surface area (Å²) in [7, 11) is 0. The minimum Gasteiger partial charge on any atom is -0.278 e. The fourth-order valence-electron chi connectivity index (χ4n) is 2.84. The van der Waals surface area contributed by atoms with Gasteiger partial charge in [-0.25, -0.2) is 0 Å². The third-order valence-electron chi connectivity index (χ3n) is 4.18. The predicted molar refractivity (Wildman–Crippen MR) is 92.4 cm³/mol. The van der Waals surface area contributed by atoms with Crippen LogP contribution in [0.2, 0.25) is 0 Å². The zero-order valence-corrected chi connectivity index (χ0v) is 14.0. The van der Waals surface area contributed by atoms with Gasteiger partial charge in [-0.15, -0.1) is 11.3 Å². The SMILES string of the molecule is Cc1ccnc2cc(-c3ccc(CN4C(=O)CCC4=O)cn3)sc12. The quantitative estimate of drug-likeness (QED) is 0.688. The highest BCUT2D eigenvalue weighted by Gasteiger charge is 2.28. The van der Waals surface area contributed by atoms with Crippen LogP contribution in [0.3, 0.4) is 0 Å². The van der Waals surface area contributed by atoms with E-state index in [4.69, 9.17) is 0 Å². The molecule has 1 saturated heterocycles. The average Bonchev–Trinajstić information content (AvgIpc) is 3.15. The van der Waals surface area contributed by atoms with Crippen LogP contribution in [0, 0.1) is 6.92 Å². The van der Waals surface area contributed by atoms with E-state index in [0.29, 0.717) is 19.4 Å². The van der Waals surface area contributed by atoms with Gasteiger partial charge >= 0.3 is 0 Å². The number of carbonyl (C=O) groups excluding carboxylic acids is 2. The van der Waals surface area contributed by atoms with E-state index in [0.717, 1.165) is 21.7 Å². The summed E-state index contributed by atoms with van der Waals surface area (Å²) < 4.78 is 1.17. The molecule has 1 aliphatic rings. The Morgan fingerprint density at radius 3 is 2.58 bits per heavy atom. The number of aryl methyl sites for hydroxylation is 1. The fraction of sp³-hybridized carbons (Fsp3) is 0.222. The van der Waals surface area contributed by atoms with Crippen LogP contribution in [0.5, 0.6) is 0 Å². The van der Waals surface area contributed by atoms with Crippen molar-refractivity contribution in [2.75, 3.05) is 0 Å². The van der Waals surface area contributed by atoms with Crippen LogP contribution in [0.1, 0.15) is 24.0 Å². The Balaban J connectivity index is 1.60. The molecule has 1 aliphatic heterocycles. The third kappa shape index (κ3) is 2.59. The van der Waals surface area contributed by atoms with Gasteiger partial charge in [-0.3, -0.25) is 24.5 Å². The summed E-state index contributed by atoms with van der Waals surface area (Å²) in [6, 6.07) is 7.90. The molecule has 3 aromatic rings. The number of hydrogen-bond donors (Lipinski definition) is 0. The summed E-state index contributed by atoms with van der Waals surface area (Å²) in [5.74, 6) is -0.203. The molecule has 3 aromatic heterocycles. The highest BCUT2D eigenvalue weighted by atomic mass is 32.1. The lowest BCUT2D eigenvalue weighted by Crippen LogP contribution is -2.28. The van der Waals surface area contributed by atoms with Gasteiger partial charge in [0.25, 0.3) is 0 Å². The van der Waals surface area contributed by atoms with E-state index >= 15 is 0 Å². The highest BCUT2D eigenvalue weighted by molar-refractivity contribution is 7.22. The van der Waals surface area contributed by atoms with Gasteiger partial charge in [-0.05, 0) is 36.2 Å². The van der Waals surface area contributed by atoms with Gasteiger partial charge in [-0.2, -0.15) is 0 Å². The molecule has 1 fully saturated rings. The van der Waals surface area contributed by atoms with Crippen LogP contribution in [0.25, 0.3) is 20.8 Å². The Labute approximate surface area is 143 Å². The van der Waals surface area contributed by atoms with Gasteiger partial charge in [0.05, 0.1) is 27.3 Å². The lowest BCUT2D eigenvalue weighted by atomic mass is 10.2. The standard InChI is InChI=1S/C18H15N3O2S/c1-11-6-7-19-14-8-15(24-18(11)14)13-3-2-12(9-20-13)10-21-16(22)4-5-17(21)23/h2-3,6-9H,4-5,10H2,1H3. The maximum absolute atomic E-state index is 11.7. The third-order valence-corrected chi connectivity index (χ3v) is 5.46. The molecule has 0 bridgehead atoms. The highest BCUT2D eigenvalue weighted by Crippen LogP contribution is 2.33. The largest absolute Gasteiger partial charge is 0.278 e. The number of pyridine rings is 2. The van der Waals surface area contributed by atoms with Gasteiger partial charge in [0.1, 0.15) is 0 Å². The lowest BCUT2D eigenvalue weighted by molar-refractivity contribution is -0.139. The van der Waals surface area contributed by atoms with Crippen molar-refractivity contribution in [3.8, 4) is 10.6 Å². The maximum Gasteiger partial charge on any atom is 0.229 e. The average molecular weight is 337 g/mol. The number of thiophene rings is 1.